The first kappa shape index (κ1) is 19.1. The van der Waals surface area contributed by atoms with Gasteiger partial charge < -0.3 is 9.73 Å². The molecule has 2 heterocycles. The number of thioether (sulfide) groups is 1. The summed E-state index contributed by atoms with van der Waals surface area (Å²) in [5.41, 5.74) is 0.636. The van der Waals surface area contributed by atoms with Crippen LogP contribution < -0.4 is 10.6 Å². The number of furan rings is 1. The Kier molecular flexibility index (Phi) is 6.25. The van der Waals surface area contributed by atoms with E-state index in [9.17, 15) is 9.59 Å². The SMILES string of the molecule is CCC(Sc1cccc(NC(=O)c2ccco2)c1)C(=O)Nc1nnc(C)s1. The molecule has 0 radical (unpaired) electrons. The molecule has 1 unspecified atom stereocenters. The third-order valence-corrected chi connectivity index (χ3v) is 5.65. The quantitative estimate of drug-likeness (QED) is 0.575. The first-order valence-electron chi connectivity index (χ1n) is 8.27. The Morgan fingerprint density at radius 2 is 2.07 bits per heavy atom. The molecular formula is C18H18N4O3S2. The van der Waals surface area contributed by atoms with Crippen molar-refractivity contribution in [1.29, 1.82) is 0 Å². The van der Waals surface area contributed by atoms with Crippen LogP contribution in [0.4, 0.5) is 10.8 Å². The van der Waals surface area contributed by atoms with Gasteiger partial charge in [0.25, 0.3) is 5.91 Å². The fourth-order valence-electron chi connectivity index (χ4n) is 2.27. The van der Waals surface area contributed by atoms with E-state index in [1.54, 1.807) is 18.2 Å². The van der Waals surface area contributed by atoms with Crippen LogP contribution in [0.1, 0.15) is 28.9 Å². The fourth-order valence-corrected chi connectivity index (χ4v) is 3.88. The van der Waals surface area contributed by atoms with Gasteiger partial charge >= 0.3 is 0 Å². The number of hydrogen-bond donors (Lipinski definition) is 2. The maximum Gasteiger partial charge on any atom is 0.291 e. The number of anilines is 2. The number of aromatic nitrogens is 2. The van der Waals surface area contributed by atoms with Crippen LogP contribution in [0.2, 0.25) is 0 Å². The highest BCUT2D eigenvalue weighted by atomic mass is 32.2. The number of hydrogen-bond acceptors (Lipinski definition) is 7. The zero-order chi connectivity index (χ0) is 19.2. The molecular weight excluding hydrogens is 384 g/mol. The van der Waals surface area contributed by atoms with E-state index >= 15 is 0 Å². The van der Waals surface area contributed by atoms with Crippen LogP contribution in [0.15, 0.2) is 52.0 Å². The van der Waals surface area contributed by atoms with E-state index in [1.165, 1.54) is 29.4 Å². The van der Waals surface area contributed by atoms with Gasteiger partial charge in [0.1, 0.15) is 5.01 Å². The van der Waals surface area contributed by atoms with Gasteiger partial charge in [-0.1, -0.05) is 24.3 Å². The summed E-state index contributed by atoms with van der Waals surface area (Å²) >= 11 is 2.77. The number of amides is 2. The minimum atomic E-state index is -0.321. The largest absolute Gasteiger partial charge is 0.459 e. The molecule has 1 atom stereocenters. The molecule has 7 nitrogen and oxygen atoms in total. The normalized spacial score (nSPS) is 11.8. The summed E-state index contributed by atoms with van der Waals surface area (Å²) in [6, 6.07) is 10.6. The molecule has 0 spiro atoms. The lowest BCUT2D eigenvalue weighted by molar-refractivity contribution is -0.115. The standard InChI is InChI=1S/C18H18N4O3S2/c1-3-15(17(24)20-18-22-21-11(2)26-18)27-13-7-4-6-12(10-13)19-16(23)14-8-5-9-25-14/h4-10,15H,3H2,1-2H3,(H,19,23)(H,20,22,24). The van der Waals surface area contributed by atoms with Gasteiger partial charge in [0.15, 0.2) is 5.76 Å². The second kappa shape index (κ2) is 8.83. The van der Waals surface area contributed by atoms with Crippen molar-refractivity contribution in [3.8, 4) is 0 Å². The van der Waals surface area contributed by atoms with Crippen LogP contribution in [0.3, 0.4) is 0 Å². The van der Waals surface area contributed by atoms with Gasteiger partial charge in [-0.2, -0.15) is 0 Å². The highest BCUT2D eigenvalue weighted by molar-refractivity contribution is 8.00. The zero-order valence-electron chi connectivity index (χ0n) is 14.8. The Bertz CT molecular complexity index is 924. The van der Waals surface area contributed by atoms with Crippen LogP contribution in [0, 0.1) is 6.92 Å². The molecule has 3 rings (SSSR count). The van der Waals surface area contributed by atoms with Crippen molar-refractivity contribution >= 4 is 45.7 Å². The van der Waals surface area contributed by atoms with E-state index in [0.717, 1.165) is 9.90 Å². The molecule has 0 aliphatic carbocycles. The second-order valence-electron chi connectivity index (χ2n) is 5.59. The van der Waals surface area contributed by atoms with E-state index in [4.69, 9.17) is 4.42 Å². The molecule has 3 aromatic rings. The van der Waals surface area contributed by atoms with Crippen molar-refractivity contribution in [3.63, 3.8) is 0 Å². The van der Waals surface area contributed by atoms with Crippen molar-refractivity contribution in [1.82, 2.24) is 10.2 Å². The van der Waals surface area contributed by atoms with Crippen molar-refractivity contribution in [2.45, 2.75) is 30.4 Å². The molecule has 2 aromatic heterocycles. The lowest BCUT2D eigenvalue weighted by Gasteiger charge is -2.14. The highest BCUT2D eigenvalue weighted by Crippen LogP contribution is 2.29. The summed E-state index contributed by atoms with van der Waals surface area (Å²) < 4.78 is 5.09. The van der Waals surface area contributed by atoms with Crippen LogP contribution in [0.25, 0.3) is 0 Å². The molecule has 0 aliphatic rings. The average molecular weight is 403 g/mol. The van der Waals surface area contributed by atoms with Crippen molar-refractivity contribution < 1.29 is 14.0 Å². The average Bonchev–Trinajstić information content (AvgIpc) is 3.32. The number of carbonyl (C=O) groups is 2. The Hall–Kier alpha value is -2.65. The van der Waals surface area contributed by atoms with Crippen LogP contribution in [-0.2, 0) is 4.79 Å². The smallest absolute Gasteiger partial charge is 0.291 e. The first-order chi connectivity index (χ1) is 13.0. The van der Waals surface area contributed by atoms with Crippen LogP contribution in [-0.4, -0.2) is 27.3 Å². The number of rotatable bonds is 7. The summed E-state index contributed by atoms with van der Waals surface area (Å²) in [7, 11) is 0. The van der Waals surface area contributed by atoms with E-state index in [-0.39, 0.29) is 22.8 Å². The Balaban J connectivity index is 1.64. The zero-order valence-corrected chi connectivity index (χ0v) is 16.4. The van der Waals surface area contributed by atoms with Crippen molar-refractivity contribution in [2.75, 3.05) is 10.6 Å². The molecule has 140 valence electrons. The summed E-state index contributed by atoms with van der Waals surface area (Å²) in [4.78, 5) is 25.5. The summed E-state index contributed by atoms with van der Waals surface area (Å²) in [5, 5.41) is 14.4. The summed E-state index contributed by atoms with van der Waals surface area (Å²) in [6.45, 7) is 3.78. The lowest BCUT2D eigenvalue weighted by atomic mass is 10.3. The third kappa shape index (κ3) is 5.18. The Labute approximate surface area is 164 Å². The van der Waals surface area contributed by atoms with E-state index in [0.29, 0.717) is 17.2 Å². The van der Waals surface area contributed by atoms with E-state index < -0.39 is 0 Å². The predicted octanol–water partition coefficient (Wildman–Crippen LogP) is 4.20. The molecule has 27 heavy (non-hydrogen) atoms. The summed E-state index contributed by atoms with van der Waals surface area (Å²) in [6.07, 6.45) is 2.10. The van der Waals surface area contributed by atoms with Gasteiger partial charge in [-0.15, -0.1) is 22.0 Å². The predicted molar refractivity (Wildman–Crippen MR) is 106 cm³/mol. The molecule has 9 heteroatoms. The number of aryl methyl sites for hydroxylation is 1. The molecule has 0 fully saturated rings. The molecule has 0 bridgehead atoms. The lowest BCUT2D eigenvalue weighted by Crippen LogP contribution is -2.24. The number of nitrogens with zero attached hydrogens (tertiary/aromatic N) is 2. The minimum absolute atomic E-state index is 0.122. The summed E-state index contributed by atoms with van der Waals surface area (Å²) in [5.74, 6) is -0.200. The van der Waals surface area contributed by atoms with Gasteiger partial charge in [-0.3, -0.25) is 14.9 Å². The maximum absolute atomic E-state index is 12.5. The number of carbonyl (C=O) groups excluding carboxylic acids is 2. The Morgan fingerprint density at radius 3 is 2.74 bits per heavy atom. The van der Waals surface area contributed by atoms with Crippen molar-refractivity contribution in [2.24, 2.45) is 0 Å². The molecule has 0 aliphatic heterocycles. The van der Waals surface area contributed by atoms with Crippen LogP contribution >= 0.6 is 23.1 Å². The highest BCUT2D eigenvalue weighted by Gasteiger charge is 2.20. The molecule has 0 saturated heterocycles. The number of nitrogens with one attached hydrogen (secondary N) is 2. The second-order valence-corrected chi connectivity index (χ2v) is 8.05. The molecule has 0 saturated carbocycles. The molecule has 2 N–H and O–H groups in total. The first-order valence-corrected chi connectivity index (χ1v) is 9.97. The monoisotopic (exact) mass is 402 g/mol. The van der Waals surface area contributed by atoms with E-state index in [1.807, 2.05) is 32.0 Å². The van der Waals surface area contributed by atoms with Gasteiger partial charge in [0, 0.05) is 10.6 Å². The van der Waals surface area contributed by atoms with Gasteiger partial charge in [-0.25, -0.2) is 0 Å². The maximum atomic E-state index is 12.5. The minimum Gasteiger partial charge on any atom is -0.459 e. The fraction of sp³-hybridized carbons (Fsp3) is 0.222. The third-order valence-electron chi connectivity index (χ3n) is 3.53. The number of benzene rings is 1. The molecule has 1 aromatic carbocycles. The van der Waals surface area contributed by atoms with Crippen molar-refractivity contribution in [3.05, 3.63) is 53.4 Å². The van der Waals surface area contributed by atoms with Gasteiger partial charge in [0.05, 0.1) is 11.5 Å². The van der Waals surface area contributed by atoms with Crippen LogP contribution in [0.5, 0.6) is 0 Å². The Morgan fingerprint density at radius 1 is 1.22 bits per heavy atom. The van der Waals surface area contributed by atoms with E-state index in [2.05, 4.69) is 20.8 Å². The van der Waals surface area contributed by atoms with Gasteiger partial charge in [-0.05, 0) is 43.7 Å². The topological polar surface area (TPSA) is 97.1 Å². The molecule has 2 amide bonds. The van der Waals surface area contributed by atoms with Gasteiger partial charge in [0.2, 0.25) is 11.0 Å².